The summed E-state index contributed by atoms with van der Waals surface area (Å²) < 4.78 is 25.2. The molecule has 1 saturated carbocycles. The zero-order valence-electron chi connectivity index (χ0n) is 21.7. The quantitative estimate of drug-likeness (QED) is 0.482. The van der Waals surface area contributed by atoms with Crippen LogP contribution in [0.1, 0.15) is 101 Å². The highest BCUT2D eigenvalue weighted by Gasteiger charge is 2.23. The molecule has 0 radical (unpaired) electrons. The minimum atomic E-state index is -0.417. The minimum Gasteiger partial charge on any atom is -0.376 e. The molecule has 2 rings (SSSR count). The summed E-state index contributed by atoms with van der Waals surface area (Å²) in [6.45, 7) is 22.8. The van der Waals surface area contributed by atoms with Crippen LogP contribution >= 0.6 is 0 Å². The van der Waals surface area contributed by atoms with Gasteiger partial charge in [-0.05, 0) is 73.6 Å². The molecule has 0 aromatic rings. The van der Waals surface area contributed by atoms with Gasteiger partial charge < -0.3 is 23.7 Å². The molecule has 0 N–H and O–H groups in total. The topological polar surface area (TPSA) is 46.2 Å². The Bertz CT molecular complexity index is 359. The Morgan fingerprint density at radius 2 is 1.17 bits per heavy atom. The van der Waals surface area contributed by atoms with Gasteiger partial charge in [0, 0.05) is 20.8 Å². The van der Waals surface area contributed by atoms with Gasteiger partial charge in [0.25, 0.3) is 0 Å². The van der Waals surface area contributed by atoms with Crippen molar-refractivity contribution < 1.29 is 23.7 Å². The lowest BCUT2D eigenvalue weighted by molar-refractivity contribution is -0.178. The number of rotatable bonds is 3. The second-order valence-electron chi connectivity index (χ2n) is 10.2. The molecule has 1 heterocycles. The maximum atomic E-state index is 5.23. The van der Waals surface area contributed by atoms with E-state index in [0.29, 0.717) is 5.41 Å². The molecule has 2 aliphatic rings. The van der Waals surface area contributed by atoms with Crippen LogP contribution in [0.5, 0.6) is 0 Å². The van der Waals surface area contributed by atoms with E-state index in [2.05, 4.69) is 34.6 Å². The molecule has 0 aromatic heterocycles. The van der Waals surface area contributed by atoms with E-state index >= 15 is 0 Å². The number of hydrogen-bond acceptors (Lipinski definition) is 5. The first-order valence-electron chi connectivity index (χ1n) is 11.1. The number of ether oxygens (including phenoxy) is 5. The van der Waals surface area contributed by atoms with Crippen LogP contribution in [-0.4, -0.2) is 51.2 Å². The fourth-order valence-electron chi connectivity index (χ4n) is 2.64. The van der Waals surface area contributed by atoms with Crippen LogP contribution < -0.4 is 0 Å². The molecule has 0 unspecified atom stereocenters. The molecule has 1 aliphatic heterocycles. The summed E-state index contributed by atoms with van der Waals surface area (Å²) in [6, 6.07) is 0. The average Bonchev–Trinajstić information content (AvgIpc) is 2.99. The van der Waals surface area contributed by atoms with Crippen LogP contribution in [0, 0.1) is 5.41 Å². The average molecular weight is 421 g/mol. The summed E-state index contributed by atoms with van der Waals surface area (Å²) in [5.41, 5.74) is 0.729. The molecule has 0 aromatic carbocycles. The highest BCUT2D eigenvalue weighted by molar-refractivity contribution is 4.72. The summed E-state index contributed by atoms with van der Waals surface area (Å²) >= 11 is 0. The third-order valence-electron chi connectivity index (χ3n) is 4.75. The predicted octanol–water partition coefficient (Wildman–Crippen LogP) is 6.58. The van der Waals surface area contributed by atoms with Crippen molar-refractivity contribution in [1.82, 2.24) is 0 Å². The maximum absolute atomic E-state index is 5.23. The molecule has 0 amide bonds. The smallest absolute Gasteiger partial charge is 0.162 e. The van der Waals surface area contributed by atoms with Crippen molar-refractivity contribution in [3.05, 3.63) is 0 Å². The Hall–Kier alpha value is -0.200. The minimum absolute atomic E-state index is 0.0503. The van der Waals surface area contributed by atoms with Crippen LogP contribution in [-0.2, 0) is 23.7 Å². The molecule has 1 aliphatic carbocycles. The Kier molecular flexibility index (Phi) is 15.8. The van der Waals surface area contributed by atoms with E-state index in [9.17, 15) is 0 Å². The SMILES string of the molecule is CC1(C)CCCCC1.CC1(C)OCCO1.CCOC(C)(C)C.COC(C)(C)OC. The van der Waals surface area contributed by atoms with E-state index in [4.69, 9.17) is 23.7 Å². The molecule has 0 bridgehead atoms. The molecule has 2 fully saturated rings. The maximum Gasteiger partial charge on any atom is 0.162 e. The van der Waals surface area contributed by atoms with Crippen LogP contribution in [0.3, 0.4) is 0 Å². The fraction of sp³-hybridized carbons (Fsp3) is 1.00. The molecule has 1 saturated heterocycles. The first kappa shape index (κ1) is 31.0. The van der Waals surface area contributed by atoms with Crippen molar-refractivity contribution in [2.45, 2.75) is 119 Å². The number of methoxy groups -OCH3 is 2. The third kappa shape index (κ3) is 22.3. The summed E-state index contributed by atoms with van der Waals surface area (Å²) in [5, 5.41) is 0. The predicted molar refractivity (Wildman–Crippen MR) is 122 cm³/mol. The van der Waals surface area contributed by atoms with Crippen molar-refractivity contribution in [3.63, 3.8) is 0 Å². The van der Waals surface area contributed by atoms with E-state index in [0.717, 1.165) is 19.8 Å². The summed E-state index contributed by atoms with van der Waals surface area (Å²) in [7, 11) is 3.23. The zero-order valence-corrected chi connectivity index (χ0v) is 21.7. The van der Waals surface area contributed by atoms with E-state index in [-0.39, 0.29) is 11.4 Å². The van der Waals surface area contributed by atoms with Crippen LogP contribution in [0.15, 0.2) is 0 Å². The molecule has 0 atom stereocenters. The van der Waals surface area contributed by atoms with Crippen molar-refractivity contribution in [2.75, 3.05) is 34.0 Å². The van der Waals surface area contributed by atoms with E-state index < -0.39 is 5.79 Å². The van der Waals surface area contributed by atoms with Gasteiger partial charge in [-0.25, -0.2) is 0 Å². The standard InChI is InChI=1S/C8H16.C6H14O.C5H10O2.C5H12O2/c1-8(2)6-4-3-5-7-8;1-5-7-6(2,3)4;1-5(2)6-3-4-7-5;1-5(2,6-3)7-4/h3-7H2,1-2H3;5H2,1-4H3;3-4H2,1-2H3;1-4H3. The first-order chi connectivity index (χ1) is 13.1. The van der Waals surface area contributed by atoms with Crippen LogP contribution in [0.4, 0.5) is 0 Å². The van der Waals surface area contributed by atoms with E-state index in [1.165, 1.54) is 32.1 Å². The summed E-state index contributed by atoms with van der Waals surface area (Å²) in [4.78, 5) is 0. The van der Waals surface area contributed by atoms with E-state index in [1.54, 1.807) is 14.2 Å². The van der Waals surface area contributed by atoms with Crippen molar-refractivity contribution >= 4 is 0 Å². The summed E-state index contributed by atoms with van der Waals surface area (Å²) in [6.07, 6.45) is 7.31. The van der Waals surface area contributed by atoms with Gasteiger partial charge in [-0.1, -0.05) is 33.1 Å². The summed E-state index contributed by atoms with van der Waals surface area (Å²) in [5.74, 6) is -0.722. The molecule has 29 heavy (non-hydrogen) atoms. The molecular weight excluding hydrogens is 368 g/mol. The Morgan fingerprint density at radius 3 is 1.28 bits per heavy atom. The lowest BCUT2D eigenvalue weighted by Gasteiger charge is -2.28. The molecular formula is C24H52O5. The monoisotopic (exact) mass is 420 g/mol. The van der Waals surface area contributed by atoms with Crippen molar-refractivity contribution in [1.29, 1.82) is 0 Å². The highest BCUT2D eigenvalue weighted by atomic mass is 16.7. The van der Waals surface area contributed by atoms with Crippen molar-refractivity contribution in [3.8, 4) is 0 Å². The molecule has 178 valence electrons. The fourth-order valence-corrected chi connectivity index (χ4v) is 2.64. The second kappa shape index (κ2) is 14.7. The zero-order chi connectivity index (χ0) is 23.2. The Labute approximate surface area is 182 Å². The first-order valence-corrected chi connectivity index (χ1v) is 11.1. The Morgan fingerprint density at radius 1 is 0.759 bits per heavy atom. The number of hydrogen-bond donors (Lipinski definition) is 0. The van der Waals surface area contributed by atoms with Gasteiger partial charge in [0.05, 0.1) is 18.8 Å². The van der Waals surface area contributed by atoms with Crippen LogP contribution in [0.2, 0.25) is 0 Å². The normalized spacial score (nSPS) is 20.3. The lowest BCUT2D eigenvalue weighted by atomic mass is 9.78. The molecule has 5 nitrogen and oxygen atoms in total. The second-order valence-corrected chi connectivity index (χ2v) is 10.2. The van der Waals surface area contributed by atoms with Gasteiger partial charge in [-0.2, -0.15) is 0 Å². The highest BCUT2D eigenvalue weighted by Crippen LogP contribution is 2.34. The van der Waals surface area contributed by atoms with Gasteiger partial charge in [0.15, 0.2) is 11.6 Å². The Balaban J connectivity index is 0. The van der Waals surface area contributed by atoms with Gasteiger partial charge in [-0.3, -0.25) is 0 Å². The van der Waals surface area contributed by atoms with Gasteiger partial charge in [0.1, 0.15) is 0 Å². The van der Waals surface area contributed by atoms with Crippen molar-refractivity contribution in [2.24, 2.45) is 5.41 Å². The largest absolute Gasteiger partial charge is 0.376 e. The van der Waals surface area contributed by atoms with Crippen LogP contribution in [0.25, 0.3) is 0 Å². The lowest BCUT2D eigenvalue weighted by Crippen LogP contribution is -2.24. The van der Waals surface area contributed by atoms with E-state index in [1.807, 2.05) is 34.6 Å². The van der Waals surface area contributed by atoms with Gasteiger partial charge in [0.2, 0.25) is 0 Å². The molecule has 0 spiro atoms. The third-order valence-corrected chi connectivity index (χ3v) is 4.75. The van der Waals surface area contributed by atoms with Gasteiger partial charge >= 0.3 is 0 Å². The molecule has 5 heteroatoms. The van der Waals surface area contributed by atoms with Gasteiger partial charge in [-0.15, -0.1) is 0 Å².